The third kappa shape index (κ3) is 3.38. The summed E-state index contributed by atoms with van der Waals surface area (Å²) in [7, 11) is -1.69. The largest absolute Gasteiger partial charge is 0.242 e. The summed E-state index contributed by atoms with van der Waals surface area (Å²) in [5.74, 6) is 0. The molecule has 0 heterocycles. The molecule has 0 fully saturated rings. The van der Waals surface area contributed by atoms with Crippen LogP contribution < -0.4 is 0 Å². The first-order chi connectivity index (χ1) is 8.91. The number of halogens is 1. The average molecular weight is 346 g/mol. The van der Waals surface area contributed by atoms with E-state index in [-0.39, 0.29) is 0 Å². The predicted octanol–water partition coefficient (Wildman–Crippen LogP) is 2.97. The molecule has 0 N–H and O–H groups in total. The van der Waals surface area contributed by atoms with Gasteiger partial charge in [-0.2, -0.15) is 0 Å². The number of rotatable bonds is 5. The maximum absolute atomic E-state index is 12.5. The summed E-state index contributed by atoms with van der Waals surface area (Å²) in [6.45, 7) is 2.56. The van der Waals surface area contributed by atoms with Crippen molar-refractivity contribution in [2.45, 2.75) is 42.3 Å². The van der Waals surface area contributed by atoms with Gasteiger partial charge in [0.05, 0.1) is 4.90 Å². The summed E-state index contributed by atoms with van der Waals surface area (Å²) in [6.07, 6.45) is 4.02. The van der Waals surface area contributed by atoms with Crippen LogP contribution >= 0.6 is 15.9 Å². The summed E-state index contributed by atoms with van der Waals surface area (Å²) in [6, 6.07) is 5.56. The third-order valence-electron chi connectivity index (χ3n) is 3.62. The molecule has 5 heteroatoms. The second-order valence-corrected chi connectivity index (χ2v) is 8.79. The lowest BCUT2D eigenvalue weighted by Gasteiger charge is -2.18. The van der Waals surface area contributed by atoms with Gasteiger partial charge in [0.1, 0.15) is 0 Å². The van der Waals surface area contributed by atoms with Crippen LogP contribution in [0.1, 0.15) is 30.9 Å². The molecular formula is C14H20BrNO2S. The van der Waals surface area contributed by atoms with Gasteiger partial charge in [-0.05, 0) is 48.9 Å². The van der Waals surface area contributed by atoms with Gasteiger partial charge in [0.25, 0.3) is 0 Å². The van der Waals surface area contributed by atoms with Gasteiger partial charge >= 0.3 is 0 Å². The minimum absolute atomic E-state index is 0.324. The molecule has 1 aromatic rings. The molecule has 1 aromatic carbocycles. The van der Waals surface area contributed by atoms with E-state index in [1.807, 2.05) is 19.1 Å². The SMILES string of the molecule is CC(Br)CCN(C)S(=O)(=O)c1ccc2c(c1)CCC2. The second-order valence-electron chi connectivity index (χ2n) is 5.18. The lowest BCUT2D eigenvalue weighted by molar-refractivity contribution is 0.462. The van der Waals surface area contributed by atoms with Crippen LogP contribution in [0.5, 0.6) is 0 Å². The van der Waals surface area contributed by atoms with Crippen molar-refractivity contribution in [1.29, 1.82) is 0 Å². The fraction of sp³-hybridized carbons (Fsp3) is 0.571. The van der Waals surface area contributed by atoms with Crippen LogP contribution in [0.3, 0.4) is 0 Å². The van der Waals surface area contributed by atoms with Crippen molar-refractivity contribution in [3.63, 3.8) is 0 Å². The maximum atomic E-state index is 12.5. The molecule has 0 amide bonds. The van der Waals surface area contributed by atoms with Gasteiger partial charge in [0.15, 0.2) is 0 Å². The molecule has 3 nitrogen and oxygen atoms in total. The molecule has 0 saturated heterocycles. The number of fused-ring (bicyclic) bond motifs is 1. The highest BCUT2D eigenvalue weighted by Gasteiger charge is 2.22. The Labute approximate surface area is 124 Å². The molecule has 0 aliphatic heterocycles. The van der Waals surface area contributed by atoms with Crippen LogP contribution in [0.25, 0.3) is 0 Å². The van der Waals surface area contributed by atoms with Crippen molar-refractivity contribution in [3.05, 3.63) is 29.3 Å². The van der Waals surface area contributed by atoms with Gasteiger partial charge in [-0.3, -0.25) is 0 Å². The molecule has 106 valence electrons. The van der Waals surface area contributed by atoms with E-state index in [2.05, 4.69) is 15.9 Å². The Hall–Kier alpha value is -0.390. The normalized spacial score (nSPS) is 16.6. The molecule has 0 spiro atoms. The van der Waals surface area contributed by atoms with Gasteiger partial charge in [-0.15, -0.1) is 0 Å². The van der Waals surface area contributed by atoms with E-state index in [9.17, 15) is 8.42 Å². The number of benzene rings is 1. The summed E-state index contributed by atoms with van der Waals surface area (Å²) in [4.78, 5) is 0.753. The summed E-state index contributed by atoms with van der Waals surface area (Å²) >= 11 is 3.44. The van der Waals surface area contributed by atoms with Crippen molar-refractivity contribution in [2.24, 2.45) is 0 Å². The highest BCUT2D eigenvalue weighted by molar-refractivity contribution is 9.09. The Bertz CT molecular complexity index is 555. The van der Waals surface area contributed by atoms with E-state index in [1.165, 1.54) is 15.4 Å². The van der Waals surface area contributed by atoms with Crippen LogP contribution in [-0.4, -0.2) is 31.1 Å². The molecule has 1 atom stereocenters. The van der Waals surface area contributed by atoms with Crippen molar-refractivity contribution in [2.75, 3.05) is 13.6 Å². The molecule has 1 aliphatic rings. The quantitative estimate of drug-likeness (QED) is 0.769. The monoisotopic (exact) mass is 345 g/mol. The molecule has 1 aliphatic carbocycles. The maximum Gasteiger partial charge on any atom is 0.242 e. The number of sulfonamides is 1. The topological polar surface area (TPSA) is 37.4 Å². The van der Waals surface area contributed by atoms with Crippen LogP contribution in [0.4, 0.5) is 0 Å². The molecule has 1 unspecified atom stereocenters. The Morgan fingerprint density at radius 1 is 1.32 bits per heavy atom. The standard InChI is InChI=1S/C14H20BrNO2S/c1-11(15)8-9-16(2)19(17,18)14-7-6-12-4-3-5-13(12)10-14/h6-7,10-11H,3-5,8-9H2,1-2H3. The molecule has 0 saturated carbocycles. The predicted molar refractivity (Wildman–Crippen MR) is 81.3 cm³/mol. The van der Waals surface area contributed by atoms with Crippen molar-refractivity contribution < 1.29 is 8.42 Å². The van der Waals surface area contributed by atoms with Crippen LogP contribution in [0.15, 0.2) is 23.1 Å². The first kappa shape index (κ1) is 15.0. The minimum Gasteiger partial charge on any atom is -0.207 e. The van der Waals surface area contributed by atoms with Gasteiger partial charge in [0.2, 0.25) is 10.0 Å². The van der Waals surface area contributed by atoms with E-state index >= 15 is 0 Å². The van der Waals surface area contributed by atoms with Gasteiger partial charge in [-0.25, -0.2) is 12.7 Å². The lowest BCUT2D eigenvalue weighted by atomic mass is 10.1. The fourth-order valence-electron chi connectivity index (χ4n) is 2.37. The Balaban J connectivity index is 2.19. The molecule has 2 rings (SSSR count). The van der Waals surface area contributed by atoms with Crippen LogP contribution in [0, 0.1) is 0 Å². The van der Waals surface area contributed by atoms with Gasteiger partial charge in [-0.1, -0.05) is 28.9 Å². The first-order valence-electron chi connectivity index (χ1n) is 6.63. The van der Waals surface area contributed by atoms with Crippen molar-refractivity contribution >= 4 is 26.0 Å². The summed E-state index contributed by atoms with van der Waals surface area (Å²) in [5, 5.41) is 0. The average Bonchev–Trinajstić information content (AvgIpc) is 2.82. The zero-order valence-corrected chi connectivity index (χ0v) is 13.8. The van der Waals surface area contributed by atoms with E-state index < -0.39 is 10.0 Å². The lowest BCUT2D eigenvalue weighted by Crippen LogP contribution is -2.29. The number of hydrogen-bond donors (Lipinski definition) is 0. The van der Waals surface area contributed by atoms with Crippen molar-refractivity contribution in [3.8, 4) is 0 Å². The second kappa shape index (κ2) is 5.94. The highest BCUT2D eigenvalue weighted by Crippen LogP contribution is 2.26. The zero-order valence-electron chi connectivity index (χ0n) is 11.4. The zero-order chi connectivity index (χ0) is 14.0. The number of alkyl halides is 1. The van der Waals surface area contributed by atoms with Gasteiger partial charge < -0.3 is 0 Å². The van der Waals surface area contributed by atoms with Gasteiger partial charge in [0, 0.05) is 18.4 Å². The number of aryl methyl sites for hydroxylation is 2. The van der Waals surface area contributed by atoms with E-state index in [4.69, 9.17) is 0 Å². The summed E-state index contributed by atoms with van der Waals surface area (Å²) in [5.41, 5.74) is 2.50. The molecule has 0 radical (unpaired) electrons. The van der Waals surface area contributed by atoms with Crippen LogP contribution in [-0.2, 0) is 22.9 Å². The fourth-order valence-corrected chi connectivity index (χ4v) is 3.81. The molecule has 19 heavy (non-hydrogen) atoms. The number of hydrogen-bond acceptors (Lipinski definition) is 2. The van der Waals surface area contributed by atoms with Crippen molar-refractivity contribution in [1.82, 2.24) is 4.31 Å². The summed E-state index contributed by atoms with van der Waals surface area (Å²) < 4.78 is 26.4. The smallest absolute Gasteiger partial charge is 0.207 e. The molecule has 0 bridgehead atoms. The number of nitrogens with zero attached hydrogens (tertiary/aromatic N) is 1. The first-order valence-corrected chi connectivity index (χ1v) is 8.99. The van der Waals surface area contributed by atoms with E-state index in [0.29, 0.717) is 16.3 Å². The molecular weight excluding hydrogens is 326 g/mol. The van der Waals surface area contributed by atoms with E-state index in [0.717, 1.165) is 25.7 Å². The van der Waals surface area contributed by atoms with Crippen LogP contribution in [0.2, 0.25) is 0 Å². The van der Waals surface area contributed by atoms with E-state index in [1.54, 1.807) is 13.1 Å². The Kier molecular flexibility index (Phi) is 4.69. The molecule has 0 aromatic heterocycles. The Morgan fingerprint density at radius 3 is 2.68 bits per heavy atom. The third-order valence-corrected chi connectivity index (χ3v) is 5.93. The minimum atomic E-state index is -3.34. The highest BCUT2D eigenvalue weighted by atomic mass is 79.9. The Morgan fingerprint density at radius 2 is 2.00 bits per heavy atom.